The van der Waals surface area contributed by atoms with Crippen LogP contribution >= 0.6 is 0 Å². The number of anilines is 2. The van der Waals surface area contributed by atoms with Gasteiger partial charge in [0.15, 0.2) is 0 Å². The maximum absolute atomic E-state index is 14.2. The Morgan fingerprint density at radius 1 is 1.14 bits per heavy atom. The van der Waals surface area contributed by atoms with Crippen LogP contribution in [0.2, 0.25) is 0 Å². The molecule has 1 heterocycles. The summed E-state index contributed by atoms with van der Waals surface area (Å²) in [6.45, 7) is 6.94. The van der Waals surface area contributed by atoms with Crippen molar-refractivity contribution >= 4 is 23.3 Å². The summed E-state index contributed by atoms with van der Waals surface area (Å²) < 4.78 is 19.4. The van der Waals surface area contributed by atoms with Crippen molar-refractivity contribution in [3.8, 4) is 11.1 Å². The molecule has 1 aliphatic rings. The predicted molar refractivity (Wildman–Crippen MR) is 141 cm³/mol. The van der Waals surface area contributed by atoms with Crippen molar-refractivity contribution in [3.63, 3.8) is 0 Å². The van der Waals surface area contributed by atoms with E-state index in [2.05, 4.69) is 29.2 Å². The van der Waals surface area contributed by atoms with Crippen molar-refractivity contribution < 1.29 is 23.6 Å². The van der Waals surface area contributed by atoms with Gasteiger partial charge in [-0.3, -0.25) is 4.79 Å². The Balaban J connectivity index is 1.77. The van der Waals surface area contributed by atoms with E-state index in [0.29, 0.717) is 34.7 Å². The van der Waals surface area contributed by atoms with E-state index < -0.39 is 11.8 Å². The van der Waals surface area contributed by atoms with Gasteiger partial charge in [-0.2, -0.15) is 0 Å². The first-order valence-electron chi connectivity index (χ1n) is 12.9. The first-order chi connectivity index (χ1) is 17.7. The van der Waals surface area contributed by atoms with Crippen LogP contribution in [0.5, 0.6) is 0 Å². The van der Waals surface area contributed by atoms with E-state index in [9.17, 15) is 19.1 Å². The van der Waals surface area contributed by atoms with Gasteiger partial charge in [-0.25, -0.2) is 9.18 Å². The molecular weight excluding hydrogens is 473 g/mol. The van der Waals surface area contributed by atoms with Crippen LogP contribution in [0.4, 0.5) is 15.8 Å². The molecule has 1 fully saturated rings. The second kappa shape index (κ2) is 11.6. The van der Waals surface area contributed by atoms with Gasteiger partial charge in [0, 0.05) is 18.7 Å². The number of carbonyl (C=O) groups is 2. The number of hydrogen-bond acceptors (Lipinski definition) is 5. The standard InChI is InChI=1S/C29H34FN3O4/c1-18(2)17-33(22-7-5-4-6-8-22)27-12-9-20(25-15-21(30)10-11-24(25)29(35)36)14-26(27)31-28(34)16-23-13-19(3)32-37-23/h9-15,18,22H,4-8,16-17H2,1-3H3,(H,31,34)(H,35,36). The summed E-state index contributed by atoms with van der Waals surface area (Å²) in [5.41, 5.74) is 2.89. The molecular formula is C29H34FN3O4. The molecule has 0 atom stereocenters. The van der Waals surface area contributed by atoms with Crippen LogP contribution in [0.15, 0.2) is 47.0 Å². The van der Waals surface area contributed by atoms with Crippen LogP contribution < -0.4 is 10.2 Å². The number of aromatic carboxylic acids is 1. The number of benzene rings is 2. The molecule has 0 saturated heterocycles. The number of carboxylic acid groups (broad SMARTS) is 1. The quantitative estimate of drug-likeness (QED) is 0.345. The second-order valence-electron chi connectivity index (χ2n) is 10.2. The number of nitrogens with one attached hydrogen (secondary N) is 1. The zero-order valence-corrected chi connectivity index (χ0v) is 21.6. The Hall–Kier alpha value is -3.68. The van der Waals surface area contributed by atoms with Crippen LogP contribution in [-0.4, -0.2) is 34.7 Å². The fourth-order valence-corrected chi connectivity index (χ4v) is 5.08. The lowest BCUT2D eigenvalue weighted by Crippen LogP contribution is -2.40. The minimum absolute atomic E-state index is 0.00474. The lowest BCUT2D eigenvalue weighted by molar-refractivity contribution is -0.115. The molecule has 7 nitrogen and oxygen atoms in total. The van der Waals surface area contributed by atoms with Gasteiger partial charge < -0.3 is 19.8 Å². The maximum Gasteiger partial charge on any atom is 0.336 e. The van der Waals surface area contributed by atoms with Crippen molar-refractivity contribution in [2.75, 3.05) is 16.8 Å². The monoisotopic (exact) mass is 507 g/mol. The van der Waals surface area contributed by atoms with Gasteiger partial charge in [0.1, 0.15) is 11.6 Å². The van der Waals surface area contributed by atoms with Crippen LogP contribution in [-0.2, 0) is 11.2 Å². The maximum atomic E-state index is 14.2. The number of rotatable bonds is 9. The van der Waals surface area contributed by atoms with E-state index in [1.807, 2.05) is 12.1 Å². The fraction of sp³-hybridized carbons (Fsp3) is 0.414. The van der Waals surface area contributed by atoms with Crippen molar-refractivity contribution in [1.29, 1.82) is 0 Å². The average molecular weight is 508 g/mol. The lowest BCUT2D eigenvalue weighted by atomic mass is 9.92. The third-order valence-corrected chi connectivity index (χ3v) is 6.69. The average Bonchev–Trinajstić information content (AvgIpc) is 3.27. The van der Waals surface area contributed by atoms with E-state index in [1.54, 1.807) is 19.1 Å². The summed E-state index contributed by atoms with van der Waals surface area (Å²) in [5.74, 6) is -1.10. The summed E-state index contributed by atoms with van der Waals surface area (Å²) in [4.78, 5) is 27.3. The minimum Gasteiger partial charge on any atom is -0.478 e. The summed E-state index contributed by atoms with van der Waals surface area (Å²) in [6, 6.07) is 11.1. The smallest absolute Gasteiger partial charge is 0.336 e. The highest BCUT2D eigenvalue weighted by Crippen LogP contribution is 2.37. The summed E-state index contributed by atoms with van der Waals surface area (Å²) >= 11 is 0. The highest BCUT2D eigenvalue weighted by Gasteiger charge is 2.26. The molecule has 1 saturated carbocycles. The first-order valence-corrected chi connectivity index (χ1v) is 12.9. The summed E-state index contributed by atoms with van der Waals surface area (Å²) in [7, 11) is 0. The largest absolute Gasteiger partial charge is 0.478 e. The minimum atomic E-state index is -1.14. The van der Waals surface area contributed by atoms with Gasteiger partial charge in [0.05, 0.1) is 29.1 Å². The molecule has 8 heteroatoms. The van der Waals surface area contributed by atoms with Crippen molar-refractivity contribution in [1.82, 2.24) is 5.16 Å². The molecule has 37 heavy (non-hydrogen) atoms. The van der Waals surface area contributed by atoms with Gasteiger partial charge in [-0.15, -0.1) is 0 Å². The molecule has 1 aliphatic carbocycles. The number of halogens is 1. The van der Waals surface area contributed by atoms with E-state index >= 15 is 0 Å². The van der Waals surface area contributed by atoms with Gasteiger partial charge >= 0.3 is 5.97 Å². The number of aromatic nitrogens is 1. The van der Waals surface area contributed by atoms with Crippen LogP contribution in [0, 0.1) is 18.7 Å². The Morgan fingerprint density at radius 3 is 2.54 bits per heavy atom. The van der Waals surface area contributed by atoms with E-state index in [0.717, 1.165) is 44.0 Å². The Morgan fingerprint density at radius 2 is 1.89 bits per heavy atom. The zero-order valence-electron chi connectivity index (χ0n) is 21.6. The number of carboxylic acids is 1. The Labute approximate surface area is 216 Å². The van der Waals surface area contributed by atoms with Gasteiger partial charge in [-0.05, 0) is 67.1 Å². The molecule has 4 rings (SSSR count). The first kappa shape index (κ1) is 26.4. The number of amides is 1. The Kier molecular flexibility index (Phi) is 8.26. The summed E-state index contributed by atoms with van der Waals surface area (Å²) in [5, 5.41) is 16.6. The van der Waals surface area contributed by atoms with E-state index in [-0.39, 0.29) is 23.5 Å². The molecule has 0 bridgehead atoms. The molecule has 0 unspecified atom stereocenters. The predicted octanol–water partition coefficient (Wildman–Crippen LogP) is 6.46. The van der Waals surface area contributed by atoms with E-state index in [4.69, 9.17) is 4.52 Å². The van der Waals surface area contributed by atoms with Gasteiger partial charge in [0.25, 0.3) is 0 Å². The molecule has 1 amide bonds. The fourth-order valence-electron chi connectivity index (χ4n) is 5.08. The van der Waals surface area contributed by atoms with Crippen LogP contribution in [0.25, 0.3) is 11.1 Å². The van der Waals surface area contributed by atoms with Crippen LogP contribution in [0.1, 0.15) is 67.8 Å². The molecule has 0 radical (unpaired) electrons. The van der Waals surface area contributed by atoms with Crippen molar-refractivity contribution in [2.24, 2.45) is 5.92 Å². The second-order valence-corrected chi connectivity index (χ2v) is 10.2. The third-order valence-electron chi connectivity index (χ3n) is 6.69. The third kappa shape index (κ3) is 6.56. The van der Waals surface area contributed by atoms with Crippen LogP contribution in [0.3, 0.4) is 0 Å². The van der Waals surface area contributed by atoms with Gasteiger partial charge in [-0.1, -0.05) is 44.3 Å². The summed E-state index contributed by atoms with van der Waals surface area (Å²) in [6.07, 6.45) is 5.71. The topological polar surface area (TPSA) is 95.7 Å². The zero-order chi connectivity index (χ0) is 26.5. The van der Waals surface area contributed by atoms with Crippen molar-refractivity contribution in [3.05, 3.63) is 65.3 Å². The number of carbonyl (C=O) groups excluding carboxylic acids is 1. The number of nitrogens with zero attached hydrogens (tertiary/aromatic N) is 2. The highest BCUT2D eigenvalue weighted by molar-refractivity contribution is 5.99. The number of aryl methyl sites for hydroxylation is 1. The Bertz CT molecular complexity index is 1260. The lowest BCUT2D eigenvalue weighted by Gasteiger charge is -2.38. The SMILES string of the molecule is Cc1cc(CC(=O)Nc2cc(-c3cc(F)ccc3C(=O)O)ccc2N(CC(C)C)C2CCCCC2)on1. The molecule has 2 N–H and O–H groups in total. The highest BCUT2D eigenvalue weighted by atomic mass is 19.1. The molecule has 1 aromatic heterocycles. The molecule has 0 aliphatic heterocycles. The molecule has 196 valence electrons. The normalized spacial score (nSPS) is 14.1. The molecule has 3 aromatic rings. The van der Waals surface area contributed by atoms with Gasteiger partial charge in [0.2, 0.25) is 5.91 Å². The van der Waals surface area contributed by atoms with Crippen molar-refractivity contribution in [2.45, 2.75) is 65.3 Å². The van der Waals surface area contributed by atoms with E-state index in [1.165, 1.54) is 18.6 Å². The molecule has 2 aromatic carbocycles. The molecule has 0 spiro atoms. The number of hydrogen-bond donors (Lipinski definition) is 2.